The van der Waals surface area contributed by atoms with Crippen molar-refractivity contribution < 1.29 is 29.1 Å². The monoisotopic (exact) mass is 433 g/mol. The molecule has 12 heteroatoms. The van der Waals surface area contributed by atoms with Gasteiger partial charge in [-0.05, 0) is 19.3 Å². The topological polar surface area (TPSA) is 194 Å². The van der Waals surface area contributed by atoms with E-state index in [4.69, 9.17) is 16.6 Å². The Morgan fingerprint density at radius 3 is 2.03 bits per heavy atom. The van der Waals surface area contributed by atoms with Gasteiger partial charge < -0.3 is 32.5 Å². The van der Waals surface area contributed by atoms with Crippen molar-refractivity contribution in [2.24, 2.45) is 17.4 Å². The highest BCUT2D eigenvalue weighted by molar-refractivity contribution is 7.80. The van der Waals surface area contributed by atoms with E-state index in [1.54, 1.807) is 13.8 Å². The Kier molecular flexibility index (Phi) is 11.9. The Balaban J connectivity index is 5.41. The molecule has 4 amide bonds. The molecule has 0 radical (unpaired) electrons. The number of nitrogens with two attached hydrogens (primary N) is 2. The van der Waals surface area contributed by atoms with E-state index in [2.05, 4.69) is 28.6 Å². The molecule has 0 saturated carbocycles. The maximum atomic E-state index is 12.7. The molecule has 0 rings (SSSR count). The van der Waals surface area contributed by atoms with Crippen LogP contribution in [0.15, 0.2) is 0 Å². The van der Waals surface area contributed by atoms with E-state index in [-0.39, 0.29) is 24.5 Å². The number of thiol groups is 1. The normalized spacial score (nSPS) is 15.9. The molecule has 0 aromatic heterocycles. The Bertz CT molecular complexity index is 617. The third kappa shape index (κ3) is 9.61. The maximum absolute atomic E-state index is 12.7. The van der Waals surface area contributed by atoms with Crippen LogP contribution in [0.4, 0.5) is 0 Å². The minimum Gasteiger partial charge on any atom is -0.480 e. The number of nitrogens with one attached hydrogen (secondary N) is 3. The van der Waals surface area contributed by atoms with Gasteiger partial charge in [0.1, 0.15) is 18.1 Å². The molecule has 0 aliphatic heterocycles. The van der Waals surface area contributed by atoms with Crippen molar-refractivity contribution in [3.8, 4) is 0 Å². The van der Waals surface area contributed by atoms with Gasteiger partial charge in [-0.1, -0.05) is 20.3 Å². The summed E-state index contributed by atoms with van der Waals surface area (Å²) in [4.78, 5) is 59.3. The highest BCUT2D eigenvalue weighted by Gasteiger charge is 2.31. The van der Waals surface area contributed by atoms with Crippen molar-refractivity contribution in [2.75, 3.05) is 5.75 Å². The summed E-state index contributed by atoms with van der Waals surface area (Å²) in [5.74, 6) is -4.20. The molecule has 0 fully saturated rings. The maximum Gasteiger partial charge on any atom is 0.325 e. The number of amides is 4. The van der Waals surface area contributed by atoms with Crippen LogP contribution in [0.2, 0.25) is 0 Å². The van der Waals surface area contributed by atoms with E-state index in [1.165, 1.54) is 6.92 Å². The van der Waals surface area contributed by atoms with Gasteiger partial charge in [0.25, 0.3) is 0 Å². The highest BCUT2D eigenvalue weighted by Crippen LogP contribution is 2.10. The summed E-state index contributed by atoms with van der Waals surface area (Å²) in [7, 11) is 0. The van der Waals surface area contributed by atoms with E-state index >= 15 is 0 Å². The molecule has 0 saturated heterocycles. The number of aliphatic carboxylic acids is 1. The summed E-state index contributed by atoms with van der Waals surface area (Å²) in [6.07, 6.45) is 0.250. The summed E-state index contributed by atoms with van der Waals surface area (Å²) in [6, 6.07) is -4.31. The van der Waals surface area contributed by atoms with Gasteiger partial charge in [-0.3, -0.25) is 24.0 Å². The number of hydrogen-bond acceptors (Lipinski definition) is 7. The largest absolute Gasteiger partial charge is 0.480 e. The number of hydrogen-bond donors (Lipinski definition) is 7. The first kappa shape index (κ1) is 26.7. The van der Waals surface area contributed by atoms with Gasteiger partial charge in [0.15, 0.2) is 0 Å². The van der Waals surface area contributed by atoms with Gasteiger partial charge in [-0.25, -0.2) is 0 Å². The first-order valence-electron chi connectivity index (χ1n) is 9.23. The molecule has 5 atom stereocenters. The van der Waals surface area contributed by atoms with Gasteiger partial charge in [-0.2, -0.15) is 12.6 Å². The predicted octanol–water partition coefficient (Wildman–Crippen LogP) is -1.89. The number of carboxylic acids is 1. The van der Waals surface area contributed by atoms with E-state index in [9.17, 15) is 24.0 Å². The Labute approximate surface area is 175 Å². The van der Waals surface area contributed by atoms with Gasteiger partial charge in [0.2, 0.25) is 23.6 Å². The number of primary amides is 1. The zero-order chi connectivity index (χ0) is 22.7. The highest BCUT2D eigenvalue weighted by atomic mass is 32.1. The van der Waals surface area contributed by atoms with Crippen LogP contribution in [0.5, 0.6) is 0 Å². The average molecular weight is 434 g/mol. The summed E-state index contributed by atoms with van der Waals surface area (Å²) >= 11 is 3.92. The number of carbonyl (C=O) groups is 5. The third-order valence-corrected chi connectivity index (χ3v) is 4.76. The zero-order valence-electron chi connectivity index (χ0n) is 16.8. The second-order valence-electron chi connectivity index (χ2n) is 6.80. The first-order chi connectivity index (χ1) is 13.4. The van der Waals surface area contributed by atoms with Crippen molar-refractivity contribution in [1.82, 2.24) is 16.0 Å². The molecule has 11 nitrogen and oxygen atoms in total. The fraction of sp³-hybridized carbons (Fsp3) is 0.706. The molecule has 166 valence electrons. The summed E-state index contributed by atoms with van der Waals surface area (Å²) in [6.45, 7) is 4.81. The second-order valence-corrected chi connectivity index (χ2v) is 7.16. The van der Waals surface area contributed by atoms with Crippen LogP contribution in [0.25, 0.3) is 0 Å². The summed E-state index contributed by atoms with van der Waals surface area (Å²) in [5.41, 5.74) is 10.7. The second kappa shape index (κ2) is 13.0. The summed E-state index contributed by atoms with van der Waals surface area (Å²) in [5, 5.41) is 16.2. The summed E-state index contributed by atoms with van der Waals surface area (Å²) < 4.78 is 0. The van der Waals surface area contributed by atoms with Crippen molar-refractivity contribution in [1.29, 1.82) is 0 Å². The molecule has 0 aromatic rings. The lowest BCUT2D eigenvalue weighted by Crippen LogP contribution is -2.58. The van der Waals surface area contributed by atoms with Gasteiger partial charge in [0.05, 0.1) is 6.04 Å². The van der Waals surface area contributed by atoms with Gasteiger partial charge in [-0.15, -0.1) is 0 Å². The molecule has 0 spiro atoms. The zero-order valence-corrected chi connectivity index (χ0v) is 17.7. The molecule has 0 aliphatic carbocycles. The van der Waals surface area contributed by atoms with Crippen LogP contribution in [0.1, 0.15) is 40.0 Å². The lowest BCUT2D eigenvalue weighted by atomic mass is 9.97. The Morgan fingerprint density at radius 1 is 1.00 bits per heavy atom. The van der Waals surface area contributed by atoms with Crippen LogP contribution >= 0.6 is 12.6 Å². The smallest absolute Gasteiger partial charge is 0.325 e. The fourth-order valence-corrected chi connectivity index (χ4v) is 2.40. The van der Waals surface area contributed by atoms with Crippen LogP contribution in [-0.2, 0) is 24.0 Å². The quantitative estimate of drug-likeness (QED) is 0.165. The van der Waals surface area contributed by atoms with E-state index in [1.807, 2.05) is 0 Å². The number of carboxylic acid groups (broad SMARTS) is 1. The van der Waals surface area contributed by atoms with Crippen molar-refractivity contribution >= 4 is 42.2 Å². The molecular formula is C17H31N5O6S. The lowest BCUT2D eigenvalue weighted by Gasteiger charge is -2.27. The van der Waals surface area contributed by atoms with Crippen LogP contribution < -0.4 is 27.4 Å². The molecule has 5 unspecified atom stereocenters. The van der Waals surface area contributed by atoms with E-state index in [0.717, 1.165) is 0 Å². The van der Waals surface area contributed by atoms with E-state index < -0.39 is 53.8 Å². The lowest BCUT2D eigenvalue weighted by molar-refractivity contribution is -0.142. The molecule has 8 N–H and O–H groups in total. The van der Waals surface area contributed by atoms with E-state index in [0.29, 0.717) is 6.42 Å². The molecule has 29 heavy (non-hydrogen) atoms. The molecule has 0 bridgehead atoms. The van der Waals surface area contributed by atoms with Crippen LogP contribution in [-0.4, -0.2) is 64.6 Å². The van der Waals surface area contributed by atoms with Crippen molar-refractivity contribution in [3.05, 3.63) is 0 Å². The van der Waals surface area contributed by atoms with Crippen LogP contribution in [0, 0.1) is 5.92 Å². The number of carbonyl (C=O) groups excluding carboxylic acids is 4. The molecular weight excluding hydrogens is 402 g/mol. The Morgan fingerprint density at radius 2 is 1.59 bits per heavy atom. The van der Waals surface area contributed by atoms with Crippen molar-refractivity contribution in [3.63, 3.8) is 0 Å². The van der Waals surface area contributed by atoms with Gasteiger partial charge in [0, 0.05) is 12.2 Å². The molecule has 0 heterocycles. The molecule has 0 aromatic carbocycles. The number of rotatable bonds is 13. The minimum atomic E-state index is -1.22. The minimum absolute atomic E-state index is 0.0426. The van der Waals surface area contributed by atoms with Crippen LogP contribution in [0.3, 0.4) is 0 Å². The fourth-order valence-electron chi connectivity index (χ4n) is 2.24. The molecule has 0 aliphatic rings. The first-order valence-corrected chi connectivity index (χ1v) is 9.86. The Hall–Kier alpha value is -2.34. The predicted molar refractivity (Wildman–Crippen MR) is 109 cm³/mol. The van der Waals surface area contributed by atoms with Crippen molar-refractivity contribution in [2.45, 2.75) is 64.2 Å². The standard InChI is InChI=1S/C17H31N5O6S/c1-4-8(2)13(16(26)20-9(3)17(27)28)22-15(25)11(5-6-12(19)23)21-14(24)10(18)7-29/h8-11,13,29H,4-7,18H2,1-3H3,(H2,19,23)(H,20,26)(H,21,24)(H,22,25)(H,27,28). The SMILES string of the molecule is CCC(C)C(NC(=O)C(CCC(N)=O)NC(=O)C(N)CS)C(=O)NC(C)C(=O)O. The third-order valence-electron chi connectivity index (χ3n) is 4.37. The average Bonchev–Trinajstić information content (AvgIpc) is 2.66. The van der Waals surface area contributed by atoms with Gasteiger partial charge >= 0.3 is 5.97 Å².